The first-order chi connectivity index (χ1) is 9.65. The Balaban J connectivity index is 2.44. The highest BCUT2D eigenvalue weighted by molar-refractivity contribution is 5.38. The number of pyridine rings is 1. The molecule has 0 radical (unpaired) electrons. The van der Waals surface area contributed by atoms with E-state index in [1.54, 1.807) is 7.11 Å². The van der Waals surface area contributed by atoms with E-state index in [9.17, 15) is 0 Å². The average Bonchev–Trinajstić information content (AvgIpc) is 2.45. The second-order valence-corrected chi connectivity index (χ2v) is 4.89. The van der Waals surface area contributed by atoms with Crippen molar-refractivity contribution in [1.29, 1.82) is 0 Å². The summed E-state index contributed by atoms with van der Waals surface area (Å²) in [6.45, 7) is 7.09. The van der Waals surface area contributed by atoms with Gasteiger partial charge in [-0.05, 0) is 49.7 Å². The number of ether oxygens (including phenoxy) is 1. The van der Waals surface area contributed by atoms with Crippen LogP contribution in [0.1, 0.15) is 35.5 Å². The Morgan fingerprint density at radius 1 is 1.20 bits per heavy atom. The number of benzene rings is 1. The lowest BCUT2D eigenvalue weighted by Crippen LogP contribution is -2.23. The molecule has 3 heteroatoms. The first-order valence-corrected chi connectivity index (χ1v) is 6.97. The Bertz CT molecular complexity index is 581. The van der Waals surface area contributed by atoms with Crippen LogP contribution < -0.4 is 10.1 Å². The van der Waals surface area contributed by atoms with Gasteiger partial charge in [0.1, 0.15) is 5.75 Å². The third-order valence-electron chi connectivity index (χ3n) is 3.41. The summed E-state index contributed by atoms with van der Waals surface area (Å²) in [5.41, 5.74) is 4.52. The van der Waals surface area contributed by atoms with Gasteiger partial charge in [0.05, 0.1) is 13.2 Å². The molecule has 0 spiro atoms. The SMILES string of the molecule is CCNC(c1cccc(OC)c1)c1ccc(C)nc1C. The van der Waals surface area contributed by atoms with Crippen molar-refractivity contribution >= 4 is 0 Å². The number of aromatic nitrogens is 1. The van der Waals surface area contributed by atoms with Crippen LogP contribution in [0.4, 0.5) is 0 Å². The number of hydrogen-bond acceptors (Lipinski definition) is 3. The Morgan fingerprint density at radius 3 is 2.65 bits per heavy atom. The minimum atomic E-state index is 0.142. The molecule has 1 N–H and O–H groups in total. The van der Waals surface area contributed by atoms with Crippen LogP contribution in [0.3, 0.4) is 0 Å². The quantitative estimate of drug-likeness (QED) is 0.904. The van der Waals surface area contributed by atoms with E-state index in [4.69, 9.17) is 4.74 Å². The fourth-order valence-electron chi connectivity index (χ4n) is 2.44. The maximum atomic E-state index is 5.32. The Morgan fingerprint density at radius 2 is 2.00 bits per heavy atom. The summed E-state index contributed by atoms with van der Waals surface area (Å²) >= 11 is 0. The molecule has 2 rings (SSSR count). The highest BCUT2D eigenvalue weighted by Gasteiger charge is 2.16. The fourth-order valence-corrected chi connectivity index (χ4v) is 2.44. The lowest BCUT2D eigenvalue weighted by Gasteiger charge is -2.21. The van der Waals surface area contributed by atoms with Gasteiger partial charge in [0, 0.05) is 11.4 Å². The summed E-state index contributed by atoms with van der Waals surface area (Å²) in [5.74, 6) is 0.878. The van der Waals surface area contributed by atoms with E-state index < -0.39 is 0 Å². The molecule has 0 saturated heterocycles. The largest absolute Gasteiger partial charge is 0.497 e. The molecule has 0 amide bonds. The van der Waals surface area contributed by atoms with Crippen LogP contribution in [-0.4, -0.2) is 18.6 Å². The second kappa shape index (κ2) is 6.53. The van der Waals surface area contributed by atoms with Crippen LogP contribution in [0.5, 0.6) is 5.75 Å². The lowest BCUT2D eigenvalue weighted by molar-refractivity contribution is 0.413. The zero-order chi connectivity index (χ0) is 14.5. The van der Waals surface area contributed by atoms with Gasteiger partial charge in [0.2, 0.25) is 0 Å². The van der Waals surface area contributed by atoms with Gasteiger partial charge in [-0.15, -0.1) is 0 Å². The van der Waals surface area contributed by atoms with Crippen molar-refractivity contribution in [3.05, 3.63) is 58.9 Å². The van der Waals surface area contributed by atoms with Crippen LogP contribution >= 0.6 is 0 Å². The number of nitrogens with zero attached hydrogens (tertiary/aromatic N) is 1. The molecule has 0 fully saturated rings. The van der Waals surface area contributed by atoms with Crippen LogP contribution in [0.25, 0.3) is 0 Å². The molecular formula is C17H22N2O. The van der Waals surface area contributed by atoms with Gasteiger partial charge in [0.15, 0.2) is 0 Å². The molecule has 1 atom stereocenters. The van der Waals surface area contributed by atoms with Gasteiger partial charge in [-0.1, -0.05) is 25.1 Å². The van der Waals surface area contributed by atoms with Gasteiger partial charge in [-0.25, -0.2) is 0 Å². The van der Waals surface area contributed by atoms with Crippen molar-refractivity contribution in [2.45, 2.75) is 26.8 Å². The molecule has 1 unspecified atom stereocenters. The summed E-state index contributed by atoms with van der Waals surface area (Å²) in [4.78, 5) is 4.57. The molecular weight excluding hydrogens is 248 g/mol. The summed E-state index contributed by atoms with van der Waals surface area (Å²) < 4.78 is 5.32. The summed E-state index contributed by atoms with van der Waals surface area (Å²) in [5, 5.41) is 3.53. The van der Waals surface area contributed by atoms with Gasteiger partial charge in [-0.2, -0.15) is 0 Å². The zero-order valence-corrected chi connectivity index (χ0v) is 12.6. The first-order valence-electron chi connectivity index (χ1n) is 6.97. The lowest BCUT2D eigenvalue weighted by atomic mass is 9.97. The third-order valence-corrected chi connectivity index (χ3v) is 3.41. The van der Waals surface area contributed by atoms with Crippen LogP contribution in [0.15, 0.2) is 36.4 Å². The van der Waals surface area contributed by atoms with Gasteiger partial charge in [0.25, 0.3) is 0 Å². The average molecular weight is 270 g/mol. The monoisotopic (exact) mass is 270 g/mol. The summed E-state index contributed by atoms with van der Waals surface area (Å²) in [7, 11) is 1.69. The molecule has 1 heterocycles. The molecule has 0 saturated carbocycles. The minimum absolute atomic E-state index is 0.142. The molecule has 3 nitrogen and oxygen atoms in total. The molecule has 1 aromatic carbocycles. The topological polar surface area (TPSA) is 34.1 Å². The van der Waals surface area contributed by atoms with Crippen LogP contribution in [0, 0.1) is 13.8 Å². The van der Waals surface area contributed by atoms with Crippen molar-refractivity contribution < 1.29 is 4.74 Å². The van der Waals surface area contributed by atoms with Crippen molar-refractivity contribution in [3.63, 3.8) is 0 Å². The fraction of sp³-hybridized carbons (Fsp3) is 0.353. The highest BCUT2D eigenvalue weighted by atomic mass is 16.5. The van der Waals surface area contributed by atoms with Crippen molar-refractivity contribution in [1.82, 2.24) is 10.3 Å². The predicted molar refractivity (Wildman–Crippen MR) is 82.2 cm³/mol. The standard InChI is InChI=1S/C17H22N2O/c1-5-18-17(14-7-6-8-15(11-14)20-4)16-10-9-12(2)19-13(16)3/h6-11,17-18H,5H2,1-4H3. The smallest absolute Gasteiger partial charge is 0.119 e. The van der Waals surface area contributed by atoms with Crippen molar-refractivity contribution in [2.75, 3.05) is 13.7 Å². The van der Waals surface area contributed by atoms with E-state index in [0.29, 0.717) is 0 Å². The van der Waals surface area contributed by atoms with E-state index in [1.165, 1.54) is 11.1 Å². The van der Waals surface area contributed by atoms with Gasteiger partial charge in [-0.3, -0.25) is 4.98 Å². The van der Waals surface area contributed by atoms with E-state index in [2.05, 4.69) is 48.4 Å². The first kappa shape index (κ1) is 14.5. The van der Waals surface area contributed by atoms with Crippen molar-refractivity contribution in [2.24, 2.45) is 0 Å². The summed E-state index contributed by atoms with van der Waals surface area (Å²) in [6, 6.07) is 12.5. The van der Waals surface area contributed by atoms with E-state index >= 15 is 0 Å². The molecule has 1 aromatic heterocycles. The van der Waals surface area contributed by atoms with Gasteiger partial charge >= 0.3 is 0 Å². The predicted octanol–water partition coefficient (Wildman–Crippen LogP) is 3.41. The Labute approximate surface area is 121 Å². The maximum Gasteiger partial charge on any atom is 0.119 e. The molecule has 106 valence electrons. The summed E-state index contributed by atoms with van der Waals surface area (Å²) in [6.07, 6.45) is 0. The third kappa shape index (κ3) is 3.17. The van der Waals surface area contributed by atoms with E-state index in [0.717, 1.165) is 23.7 Å². The number of aryl methyl sites for hydroxylation is 2. The molecule has 0 aliphatic rings. The van der Waals surface area contributed by atoms with E-state index in [1.807, 2.05) is 19.1 Å². The number of hydrogen-bond donors (Lipinski definition) is 1. The highest BCUT2D eigenvalue weighted by Crippen LogP contribution is 2.26. The van der Waals surface area contributed by atoms with Crippen molar-refractivity contribution in [3.8, 4) is 5.75 Å². The number of methoxy groups -OCH3 is 1. The number of rotatable bonds is 5. The normalized spacial score (nSPS) is 12.2. The minimum Gasteiger partial charge on any atom is -0.497 e. The van der Waals surface area contributed by atoms with Crippen LogP contribution in [-0.2, 0) is 0 Å². The second-order valence-electron chi connectivity index (χ2n) is 4.89. The molecule has 0 aliphatic carbocycles. The Hall–Kier alpha value is -1.87. The van der Waals surface area contributed by atoms with Crippen LogP contribution in [0.2, 0.25) is 0 Å². The zero-order valence-electron chi connectivity index (χ0n) is 12.6. The molecule has 20 heavy (non-hydrogen) atoms. The maximum absolute atomic E-state index is 5.32. The molecule has 2 aromatic rings. The molecule has 0 aliphatic heterocycles. The Kier molecular flexibility index (Phi) is 4.74. The van der Waals surface area contributed by atoms with E-state index in [-0.39, 0.29) is 6.04 Å². The molecule has 0 bridgehead atoms. The van der Waals surface area contributed by atoms with Gasteiger partial charge < -0.3 is 10.1 Å². The number of nitrogens with one attached hydrogen (secondary N) is 1.